The van der Waals surface area contributed by atoms with E-state index in [4.69, 9.17) is 4.74 Å². The van der Waals surface area contributed by atoms with E-state index in [9.17, 15) is 4.79 Å². The molecule has 7 heteroatoms. The molecular formula is C11H17BrN4O2. The number of hydrogen-bond acceptors (Lipinski definition) is 4. The van der Waals surface area contributed by atoms with Crippen molar-refractivity contribution in [3.63, 3.8) is 0 Å². The first-order chi connectivity index (χ1) is 8.47. The van der Waals surface area contributed by atoms with Gasteiger partial charge in [0.2, 0.25) is 0 Å². The molecule has 0 aromatic carbocycles. The molecule has 0 aromatic heterocycles. The van der Waals surface area contributed by atoms with Crippen LogP contribution in [0, 0.1) is 0 Å². The van der Waals surface area contributed by atoms with Crippen LogP contribution >= 0.6 is 15.9 Å². The molecule has 0 spiro atoms. The fourth-order valence-electron chi connectivity index (χ4n) is 2.89. The summed E-state index contributed by atoms with van der Waals surface area (Å²) in [6.45, 7) is 2.64. The second-order valence-corrected chi connectivity index (χ2v) is 6.01. The van der Waals surface area contributed by atoms with Gasteiger partial charge in [-0.25, -0.2) is 9.79 Å². The maximum absolute atomic E-state index is 12.3. The predicted octanol–water partition coefficient (Wildman–Crippen LogP) is 0.532. The third-order valence-electron chi connectivity index (χ3n) is 3.91. The lowest BCUT2D eigenvalue weighted by molar-refractivity contribution is -0.0864. The van der Waals surface area contributed by atoms with E-state index in [2.05, 4.69) is 20.9 Å². The Bertz CT molecular complexity index is 418. The van der Waals surface area contributed by atoms with E-state index in [-0.39, 0.29) is 30.1 Å². The Morgan fingerprint density at radius 2 is 2.33 bits per heavy atom. The largest absolute Gasteiger partial charge is 0.354 e. The van der Waals surface area contributed by atoms with Crippen molar-refractivity contribution >= 4 is 28.3 Å². The van der Waals surface area contributed by atoms with E-state index in [0.29, 0.717) is 11.9 Å². The van der Waals surface area contributed by atoms with Gasteiger partial charge in [-0.3, -0.25) is 4.90 Å². The summed E-state index contributed by atoms with van der Waals surface area (Å²) in [5.41, 5.74) is -0.320. The van der Waals surface area contributed by atoms with Gasteiger partial charge in [-0.1, -0.05) is 15.9 Å². The van der Waals surface area contributed by atoms with E-state index in [1.807, 2.05) is 23.8 Å². The molecular weight excluding hydrogens is 300 g/mol. The first-order valence-electron chi connectivity index (χ1n) is 5.99. The normalized spacial score (nSPS) is 42.6. The number of hydrogen-bond donors (Lipinski definition) is 0. The Labute approximate surface area is 115 Å². The van der Waals surface area contributed by atoms with Crippen LogP contribution in [0.25, 0.3) is 0 Å². The van der Waals surface area contributed by atoms with Gasteiger partial charge in [0, 0.05) is 19.4 Å². The maximum atomic E-state index is 12.3. The van der Waals surface area contributed by atoms with Crippen LogP contribution in [0.2, 0.25) is 0 Å². The molecule has 3 aliphatic heterocycles. The first-order valence-corrected chi connectivity index (χ1v) is 7.11. The predicted molar refractivity (Wildman–Crippen MR) is 70.8 cm³/mol. The molecule has 0 aromatic rings. The molecule has 0 N–H and O–H groups in total. The molecule has 3 heterocycles. The van der Waals surface area contributed by atoms with Gasteiger partial charge < -0.3 is 14.5 Å². The van der Waals surface area contributed by atoms with E-state index < -0.39 is 0 Å². The van der Waals surface area contributed by atoms with Crippen LogP contribution in [0.1, 0.15) is 6.92 Å². The number of carbonyl (C=O) groups is 1. The molecule has 2 amide bonds. The summed E-state index contributed by atoms with van der Waals surface area (Å²) < 4.78 is 6.11. The highest BCUT2D eigenvalue weighted by molar-refractivity contribution is 9.09. The minimum atomic E-state index is -0.320. The summed E-state index contributed by atoms with van der Waals surface area (Å²) in [6.07, 6.45) is 1.44. The Balaban J connectivity index is 1.95. The van der Waals surface area contributed by atoms with E-state index in [1.165, 1.54) is 0 Å². The molecule has 6 nitrogen and oxygen atoms in total. The highest BCUT2D eigenvalue weighted by atomic mass is 79.9. The molecule has 2 fully saturated rings. The molecule has 3 rings (SSSR count). The maximum Gasteiger partial charge on any atom is 0.323 e. The highest BCUT2D eigenvalue weighted by Gasteiger charge is 2.56. The molecule has 0 aliphatic carbocycles. The van der Waals surface area contributed by atoms with Crippen molar-refractivity contribution in [2.45, 2.75) is 31.0 Å². The number of ether oxygens (including phenoxy) is 1. The Hall–Kier alpha value is -0.820. The fourth-order valence-corrected chi connectivity index (χ4v) is 3.20. The molecule has 0 bridgehead atoms. The zero-order valence-electron chi connectivity index (χ0n) is 10.7. The van der Waals surface area contributed by atoms with Crippen LogP contribution in [-0.4, -0.2) is 77.1 Å². The number of aliphatic imine (C=N–C) groups is 1. The third-order valence-corrected chi connectivity index (χ3v) is 5.10. The van der Waals surface area contributed by atoms with Crippen LogP contribution < -0.4 is 0 Å². The zero-order valence-corrected chi connectivity index (χ0v) is 12.3. The molecule has 100 valence electrons. The number of halogens is 1. The summed E-state index contributed by atoms with van der Waals surface area (Å²) in [4.78, 5) is 22.3. The van der Waals surface area contributed by atoms with Crippen molar-refractivity contribution in [3.8, 4) is 0 Å². The summed E-state index contributed by atoms with van der Waals surface area (Å²) in [6, 6.07) is 0.0759. The van der Waals surface area contributed by atoms with Gasteiger partial charge in [-0.2, -0.15) is 0 Å². The van der Waals surface area contributed by atoms with Gasteiger partial charge in [0.25, 0.3) is 0 Å². The van der Waals surface area contributed by atoms with Crippen molar-refractivity contribution in [2.24, 2.45) is 4.99 Å². The molecule has 4 unspecified atom stereocenters. The Kier molecular flexibility index (Phi) is 2.60. The lowest BCUT2D eigenvalue weighted by Crippen LogP contribution is -2.64. The summed E-state index contributed by atoms with van der Waals surface area (Å²) in [5.74, 6) is 0. The van der Waals surface area contributed by atoms with Crippen molar-refractivity contribution in [1.29, 1.82) is 0 Å². The van der Waals surface area contributed by atoms with Gasteiger partial charge >= 0.3 is 6.03 Å². The molecule has 2 saturated heterocycles. The van der Waals surface area contributed by atoms with Crippen LogP contribution in [-0.2, 0) is 4.74 Å². The average molecular weight is 317 g/mol. The van der Waals surface area contributed by atoms with Crippen molar-refractivity contribution in [3.05, 3.63) is 0 Å². The van der Waals surface area contributed by atoms with Gasteiger partial charge in [-0.15, -0.1) is 0 Å². The van der Waals surface area contributed by atoms with Crippen LogP contribution in [0.15, 0.2) is 4.99 Å². The second kappa shape index (κ2) is 3.84. The number of urea groups is 1. The van der Waals surface area contributed by atoms with Gasteiger partial charge in [-0.05, 0) is 6.92 Å². The number of alkyl halides is 1. The zero-order chi connectivity index (χ0) is 13.1. The van der Waals surface area contributed by atoms with Crippen LogP contribution in [0.5, 0.6) is 0 Å². The minimum Gasteiger partial charge on any atom is -0.354 e. The number of fused-ring (bicyclic) bond motifs is 3. The van der Waals surface area contributed by atoms with Gasteiger partial charge in [0.1, 0.15) is 6.04 Å². The van der Waals surface area contributed by atoms with Crippen molar-refractivity contribution in [2.75, 3.05) is 26.0 Å². The smallest absolute Gasteiger partial charge is 0.323 e. The van der Waals surface area contributed by atoms with E-state index >= 15 is 0 Å². The standard InChI is InChI=1S/C11H17BrN4O2/c1-11(4-12)5-16-9(18-11)7-8(13-6-14(7)2)15(3)10(16)17/h6-9H,4-5H2,1-3H3. The lowest BCUT2D eigenvalue weighted by Gasteiger charge is -2.43. The molecule has 18 heavy (non-hydrogen) atoms. The number of carbonyl (C=O) groups excluding carboxylic acids is 1. The minimum absolute atomic E-state index is 0.00150. The Morgan fingerprint density at radius 1 is 1.61 bits per heavy atom. The third kappa shape index (κ3) is 1.50. The highest BCUT2D eigenvalue weighted by Crippen LogP contribution is 2.37. The van der Waals surface area contributed by atoms with E-state index in [1.54, 1.807) is 18.3 Å². The lowest BCUT2D eigenvalue weighted by atomic mass is 10.1. The van der Waals surface area contributed by atoms with E-state index in [0.717, 1.165) is 0 Å². The van der Waals surface area contributed by atoms with Gasteiger partial charge in [0.15, 0.2) is 12.4 Å². The fraction of sp³-hybridized carbons (Fsp3) is 0.818. The van der Waals surface area contributed by atoms with Crippen molar-refractivity contribution in [1.82, 2.24) is 14.7 Å². The van der Waals surface area contributed by atoms with Crippen LogP contribution in [0.4, 0.5) is 4.79 Å². The summed E-state index contributed by atoms with van der Waals surface area (Å²) in [7, 11) is 3.78. The number of likely N-dealkylation sites (N-methyl/N-ethyl adjacent to an activating group) is 2. The molecule has 0 radical (unpaired) electrons. The topological polar surface area (TPSA) is 48.4 Å². The number of nitrogens with zero attached hydrogens (tertiary/aromatic N) is 4. The summed E-state index contributed by atoms with van der Waals surface area (Å²) >= 11 is 3.47. The summed E-state index contributed by atoms with van der Waals surface area (Å²) in [5, 5.41) is 0.714. The van der Waals surface area contributed by atoms with Crippen LogP contribution in [0.3, 0.4) is 0 Å². The van der Waals surface area contributed by atoms with Gasteiger partial charge in [0.05, 0.1) is 18.5 Å². The first kappa shape index (κ1) is 12.2. The second-order valence-electron chi connectivity index (χ2n) is 5.45. The molecule has 4 atom stereocenters. The molecule has 3 aliphatic rings. The number of rotatable bonds is 1. The molecule has 0 saturated carbocycles. The quantitative estimate of drug-likeness (QED) is 0.663. The number of amides is 2. The van der Waals surface area contributed by atoms with Crippen molar-refractivity contribution < 1.29 is 9.53 Å². The monoisotopic (exact) mass is 316 g/mol. The SMILES string of the molecule is CN1C=NC2C1C1OC(C)(CBr)CN1C(=O)N2C. The Morgan fingerprint density at radius 3 is 3.00 bits per heavy atom. The average Bonchev–Trinajstić information content (AvgIpc) is 2.88.